The van der Waals surface area contributed by atoms with E-state index in [2.05, 4.69) is 17.5 Å². The highest BCUT2D eigenvalue weighted by molar-refractivity contribution is 5.97. The van der Waals surface area contributed by atoms with E-state index in [0.29, 0.717) is 5.92 Å². The molecule has 14 heavy (non-hydrogen) atoms. The molecular formula is C10H14N2O2. The highest BCUT2D eigenvalue weighted by Crippen LogP contribution is 2.51. The van der Waals surface area contributed by atoms with E-state index in [1.54, 1.807) is 0 Å². The Morgan fingerprint density at radius 2 is 2.21 bits per heavy atom. The normalized spacial score (nSPS) is 38.6. The number of allylic oxidation sites excluding steroid dienone is 2. The van der Waals surface area contributed by atoms with Gasteiger partial charge >= 0.3 is 6.03 Å². The van der Waals surface area contributed by atoms with E-state index >= 15 is 0 Å². The van der Waals surface area contributed by atoms with Gasteiger partial charge in [0.05, 0.1) is 5.41 Å². The molecule has 4 heteroatoms. The fourth-order valence-corrected chi connectivity index (χ4v) is 2.61. The number of fused-ring (bicyclic) bond motifs is 2. The van der Waals surface area contributed by atoms with Crippen LogP contribution >= 0.6 is 0 Å². The lowest BCUT2D eigenvalue weighted by Crippen LogP contribution is -2.46. The highest BCUT2D eigenvalue weighted by atomic mass is 16.2. The van der Waals surface area contributed by atoms with Crippen LogP contribution in [-0.4, -0.2) is 11.9 Å². The monoisotopic (exact) mass is 194 g/mol. The molecule has 0 saturated heterocycles. The molecule has 2 bridgehead atoms. The van der Waals surface area contributed by atoms with E-state index < -0.39 is 11.4 Å². The summed E-state index contributed by atoms with van der Waals surface area (Å²) in [5, 5.41) is 2.18. The van der Waals surface area contributed by atoms with Gasteiger partial charge in [-0.2, -0.15) is 0 Å². The first kappa shape index (κ1) is 9.24. The third-order valence-corrected chi connectivity index (χ3v) is 3.43. The maximum absolute atomic E-state index is 11.7. The number of imide groups is 1. The molecule has 0 spiro atoms. The molecule has 0 radical (unpaired) electrons. The summed E-state index contributed by atoms with van der Waals surface area (Å²) in [4.78, 5) is 22.3. The number of rotatable bonds is 1. The van der Waals surface area contributed by atoms with E-state index in [-0.39, 0.29) is 11.8 Å². The summed E-state index contributed by atoms with van der Waals surface area (Å²) in [6.45, 7) is 1.90. The largest absolute Gasteiger partial charge is 0.351 e. The lowest BCUT2D eigenvalue weighted by Gasteiger charge is -2.28. The predicted molar refractivity (Wildman–Crippen MR) is 51.2 cm³/mol. The molecule has 3 N–H and O–H groups in total. The molecule has 2 rings (SSSR count). The van der Waals surface area contributed by atoms with Crippen LogP contribution in [0, 0.1) is 17.3 Å². The van der Waals surface area contributed by atoms with Crippen molar-refractivity contribution in [2.45, 2.75) is 19.8 Å². The summed E-state index contributed by atoms with van der Waals surface area (Å²) in [6, 6.07) is -0.761. The first-order valence-corrected chi connectivity index (χ1v) is 4.81. The number of amides is 3. The van der Waals surface area contributed by atoms with Crippen LogP contribution < -0.4 is 11.1 Å². The number of hydrogen-bond acceptors (Lipinski definition) is 2. The molecule has 0 heterocycles. The smallest absolute Gasteiger partial charge is 0.318 e. The Balaban J connectivity index is 2.14. The lowest BCUT2D eigenvalue weighted by molar-refractivity contribution is -0.130. The van der Waals surface area contributed by atoms with Gasteiger partial charge in [-0.25, -0.2) is 4.79 Å². The second-order valence-corrected chi connectivity index (χ2v) is 4.43. The molecule has 2 aliphatic rings. The average molecular weight is 194 g/mol. The van der Waals surface area contributed by atoms with E-state index in [1.165, 1.54) is 0 Å². The molecule has 0 aromatic heterocycles. The minimum Gasteiger partial charge on any atom is -0.351 e. The van der Waals surface area contributed by atoms with Crippen LogP contribution in [0.2, 0.25) is 0 Å². The zero-order valence-electron chi connectivity index (χ0n) is 8.12. The number of nitrogens with one attached hydrogen (secondary N) is 1. The number of hydrogen-bond donors (Lipinski definition) is 2. The van der Waals surface area contributed by atoms with Gasteiger partial charge in [0.15, 0.2) is 0 Å². The van der Waals surface area contributed by atoms with Crippen molar-refractivity contribution >= 4 is 11.9 Å². The van der Waals surface area contributed by atoms with Gasteiger partial charge < -0.3 is 5.73 Å². The summed E-state index contributed by atoms with van der Waals surface area (Å²) < 4.78 is 0. The third kappa shape index (κ3) is 1.22. The fraction of sp³-hybridized carbons (Fsp3) is 0.600. The molecule has 0 aliphatic heterocycles. The number of carbonyl (C=O) groups is 2. The van der Waals surface area contributed by atoms with Crippen LogP contribution in [0.4, 0.5) is 4.79 Å². The Kier molecular flexibility index (Phi) is 1.87. The van der Waals surface area contributed by atoms with Crippen molar-refractivity contribution in [2.24, 2.45) is 23.0 Å². The zero-order valence-corrected chi connectivity index (χ0v) is 8.12. The first-order chi connectivity index (χ1) is 6.52. The minimum absolute atomic E-state index is 0.234. The molecular weight excluding hydrogens is 180 g/mol. The molecule has 1 unspecified atom stereocenters. The summed E-state index contributed by atoms with van der Waals surface area (Å²) in [5.74, 6) is 0.539. The van der Waals surface area contributed by atoms with Gasteiger partial charge in [0.1, 0.15) is 0 Å². The predicted octanol–water partition coefficient (Wildman–Crippen LogP) is 0.784. The zero-order chi connectivity index (χ0) is 10.3. The molecule has 76 valence electrons. The van der Waals surface area contributed by atoms with Crippen LogP contribution in [0.1, 0.15) is 19.8 Å². The summed E-state index contributed by atoms with van der Waals surface area (Å²) in [7, 11) is 0. The van der Waals surface area contributed by atoms with E-state index in [9.17, 15) is 9.59 Å². The molecule has 0 aromatic carbocycles. The Morgan fingerprint density at radius 1 is 1.50 bits per heavy atom. The summed E-state index contributed by atoms with van der Waals surface area (Å²) in [5.41, 5.74) is 4.49. The maximum Gasteiger partial charge on any atom is 0.318 e. The van der Waals surface area contributed by atoms with Crippen molar-refractivity contribution in [1.29, 1.82) is 0 Å². The number of nitrogens with two attached hydrogens (primary N) is 1. The first-order valence-electron chi connectivity index (χ1n) is 4.81. The van der Waals surface area contributed by atoms with Crippen molar-refractivity contribution in [2.75, 3.05) is 0 Å². The van der Waals surface area contributed by atoms with E-state index in [4.69, 9.17) is 5.73 Å². The third-order valence-electron chi connectivity index (χ3n) is 3.43. The fourth-order valence-electron chi connectivity index (χ4n) is 2.61. The Labute approximate surface area is 82.5 Å². The van der Waals surface area contributed by atoms with E-state index in [1.807, 2.05) is 6.92 Å². The second kappa shape index (κ2) is 2.83. The van der Waals surface area contributed by atoms with Crippen molar-refractivity contribution < 1.29 is 9.59 Å². The second-order valence-electron chi connectivity index (χ2n) is 4.43. The number of primary amides is 1. The van der Waals surface area contributed by atoms with Crippen molar-refractivity contribution in [3.8, 4) is 0 Å². The Hall–Kier alpha value is -1.32. The van der Waals surface area contributed by atoms with Crippen LogP contribution in [-0.2, 0) is 4.79 Å². The standard InChI is InChI=1S/C10H14N2O2/c1-10(8(13)12-9(11)14)5-6-2-3-7(10)4-6/h2-3,6-7H,4-5H2,1H3,(H3,11,12,13,14)/t6?,7-,10-/m1/s1. The summed E-state index contributed by atoms with van der Waals surface area (Å²) in [6.07, 6.45) is 6.09. The van der Waals surface area contributed by atoms with Gasteiger partial charge in [-0.3, -0.25) is 10.1 Å². The minimum atomic E-state index is -0.761. The maximum atomic E-state index is 11.7. The van der Waals surface area contributed by atoms with Gasteiger partial charge in [-0.15, -0.1) is 0 Å². The average Bonchev–Trinajstić information content (AvgIpc) is 2.62. The number of urea groups is 1. The quantitative estimate of drug-likeness (QED) is 0.605. The van der Waals surface area contributed by atoms with E-state index in [0.717, 1.165) is 12.8 Å². The van der Waals surface area contributed by atoms with Crippen LogP contribution in [0.25, 0.3) is 0 Å². The van der Waals surface area contributed by atoms with Crippen molar-refractivity contribution in [1.82, 2.24) is 5.32 Å². The Morgan fingerprint density at radius 3 is 2.64 bits per heavy atom. The van der Waals surface area contributed by atoms with Gasteiger partial charge in [0.25, 0.3) is 0 Å². The van der Waals surface area contributed by atoms with Crippen molar-refractivity contribution in [3.05, 3.63) is 12.2 Å². The number of carbonyl (C=O) groups excluding carboxylic acids is 2. The van der Waals surface area contributed by atoms with Gasteiger partial charge in [-0.1, -0.05) is 19.1 Å². The van der Waals surface area contributed by atoms with Crippen LogP contribution in [0.15, 0.2) is 12.2 Å². The van der Waals surface area contributed by atoms with Gasteiger partial charge in [0.2, 0.25) is 5.91 Å². The van der Waals surface area contributed by atoms with Gasteiger partial charge in [-0.05, 0) is 24.7 Å². The molecule has 1 fully saturated rings. The lowest BCUT2D eigenvalue weighted by atomic mass is 9.77. The molecule has 3 amide bonds. The van der Waals surface area contributed by atoms with Crippen molar-refractivity contribution in [3.63, 3.8) is 0 Å². The molecule has 2 aliphatic carbocycles. The highest BCUT2D eigenvalue weighted by Gasteiger charge is 2.50. The van der Waals surface area contributed by atoms with Crippen LogP contribution in [0.5, 0.6) is 0 Å². The molecule has 4 nitrogen and oxygen atoms in total. The van der Waals surface area contributed by atoms with Gasteiger partial charge in [0, 0.05) is 0 Å². The van der Waals surface area contributed by atoms with Crippen LogP contribution in [0.3, 0.4) is 0 Å². The Bertz CT molecular complexity index is 324. The molecule has 0 aromatic rings. The topological polar surface area (TPSA) is 72.2 Å². The molecule has 1 saturated carbocycles. The summed E-state index contributed by atoms with van der Waals surface area (Å²) >= 11 is 0. The SMILES string of the molecule is C[C@@]1(C(=O)NC(N)=O)CC2C=C[C@@H]1C2. The molecule has 3 atom stereocenters.